The Bertz CT molecular complexity index is 817. The summed E-state index contributed by atoms with van der Waals surface area (Å²) in [5.41, 5.74) is 2.12. The molecule has 3 atom stereocenters. The Morgan fingerprint density at radius 3 is 2.55 bits per heavy atom. The molecule has 0 unspecified atom stereocenters. The Balaban J connectivity index is 1.48. The van der Waals surface area contributed by atoms with Gasteiger partial charge in [0.2, 0.25) is 11.8 Å². The number of carbonyl (C=O) groups excluding carboxylic acids is 2. The van der Waals surface area contributed by atoms with Crippen LogP contribution < -0.4 is 0 Å². The van der Waals surface area contributed by atoms with Gasteiger partial charge in [-0.05, 0) is 30.5 Å². The third-order valence-electron chi connectivity index (χ3n) is 6.73. The number of carbonyl (C=O) groups is 2. The maximum atomic E-state index is 12.5. The van der Waals surface area contributed by atoms with E-state index in [2.05, 4.69) is 24.0 Å². The minimum absolute atomic E-state index is 0.0116. The fourth-order valence-electron chi connectivity index (χ4n) is 5.13. The van der Waals surface area contributed by atoms with Gasteiger partial charge in [-0.3, -0.25) is 9.59 Å². The third-order valence-corrected chi connectivity index (χ3v) is 6.73. The summed E-state index contributed by atoms with van der Waals surface area (Å²) >= 11 is 0. The standard InChI is InChI=1S/C24H30N2O3/c1-2-22(28)25-14-20-24(21(16-27)26(20)23(29)15-25)19-12-10-18(11-13-19)9-8-17-6-4-3-5-7-17/h10-13,17,20-21,24,27H,2-7,14-16H2,1H3/t20-,21-,24-/m1/s1. The molecule has 0 bridgehead atoms. The second-order valence-electron chi connectivity index (χ2n) is 8.50. The molecule has 0 spiro atoms. The quantitative estimate of drug-likeness (QED) is 0.802. The number of piperazine rings is 1. The number of hydrogen-bond acceptors (Lipinski definition) is 3. The lowest BCUT2D eigenvalue weighted by Crippen LogP contribution is -2.73. The summed E-state index contributed by atoms with van der Waals surface area (Å²) in [6.45, 7) is 2.43. The summed E-state index contributed by atoms with van der Waals surface area (Å²) in [6.07, 6.45) is 6.74. The van der Waals surface area contributed by atoms with Crippen LogP contribution in [0.1, 0.15) is 62.5 Å². The highest BCUT2D eigenvalue weighted by Gasteiger charge is 2.54. The van der Waals surface area contributed by atoms with E-state index in [-0.39, 0.29) is 43.0 Å². The molecule has 2 saturated heterocycles. The average Bonchev–Trinajstić information content (AvgIpc) is 2.74. The van der Waals surface area contributed by atoms with Gasteiger partial charge in [0.1, 0.15) is 0 Å². The molecule has 1 aliphatic carbocycles. The average molecular weight is 395 g/mol. The Labute approximate surface area is 173 Å². The number of nitrogens with zero attached hydrogens (tertiary/aromatic N) is 2. The molecule has 5 nitrogen and oxygen atoms in total. The molecule has 2 heterocycles. The zero-order valence-corrected chi connectivity index (χ0v) is 17.1. The summed E-state index contributed by atoms with van der Waals surface area (Å²) in [6, 6.07) is 7.97. The zero-order valence-electron chi connectivity index (χ0n) is 17.1. The number of amides is 2. The maximum absolute atomic E-state index is 12.5. The van der Waals surface area contributed by atoms with Crippen molar-refractivity contribution in [2.24, 2.45) is 5.92 Å². The van der Waals surface area contributed by atoms with Crippen molar-refractivity contribution in [3.63, 3.8) is 0 Å². The largest absolute Gasteiger partial charge is 0.394 e. The van der Waals surface area contributed by atoms with Crippen molar-refractivity contribution in [1.29, 1.82) is 0 Å². The van der Waals surface area contributed by atoms with Crippen LogP contribution >= 0.6 is 0 Å². The van der Waals surface area contributed by atoms with Gasteiger partial charge in [0.05, 0.1) is 25.2 Å². The lowest BCUT2D eigenvalue weighted by Gasteiger charge is -2.58. The first-order chi connectivity index (χ1) is 14.1. The van der Waals surface area contributed by atoms with E-state index in [0.29, 0.717) is 18.9 Å². The van der Waals surface area contributed by atoms with Crippen molar-refractivity contribution < 1.29 is 14.7 Å². The van der Waals surface area contributed by atoms with Gasteiger partial charge in [-0.25, -0.2) is 0 Å². The normalized spacial score (nSPS) is 27.0. The number of rotatable bonds is 3. The molecule has 154 valence electrons. The van der Waals surface area contributed by atoms with Crippen LogP contribution in [0.15, 0.2) is 24.3 Å². The highest BCUT2D eigenvalue weighted by Crippen LogP contribution is 2.43. The monoisotopic (exact) mass is 394 g/mol. The van der Waals surface area contributed by atoms with Crippen LogP contribution in [0.2, 0.25) is 0 Å². The molecule has 2 aliphatic heterocycles. The smallest absolute Gasteiger partial charge is 0.242 e. The Kier molecular flexibility index (Phi) is 5.91. The molecule has 0 aromatic heterocycles. The fourth-order valence-corrected chi connectivity index (χ4v) is 5.13. The molecule has 1 aromatic rings. The zero-order chi connectivity index (χ0) is 20.4. The van der Waals surface area contributed by atoms with E-state index in [9.17, 15) is 14.7 Å². The highest BCUT2D eigenvalue weighted by atomic mass is 16.3. The molecule has 2 amide bonds. The van der Waals surface area contributed by atoms with Gasteiger partial charge in [0, 0.05) is 30.4 Å². The molecule has 1 aromatic carbocycles. The molecule has 3 aliphatic rings. The van der Waals surface area contributed by atoms with Crippen LogP contribution in [-0.4, -0.2) is 58.5 Å². The van der Waals surface area contributed by atoms with Crippen LogP contribution in [0.5, 0.6) is 0 Å². The Hall–Kier alpha value is -2.32. The van der Waals surface area contributed by atoms with Crippen LogP contribution in [0, 0.1) is 17.8 Å². The lowest BCUT2D eigenvalue weighted by atomic mass is 9.73. The van der Waals surface area contributed by atoms with Gasteiger partial charge in [0.15, 0.2) is 0 Å². The highest BCUT2D eigenvalue weighted by molar-refractivity contribution is 5.87. The van der Waals surface area contributed by atoms with Gasteiger partial charge >= 0.3 is 0 Å². The molecule has 1 saturated carbocycles. The van der Waals surface area contributed by atoms with Gasteiger partial charge in [-0.15, -0.1) is 0 Å². The summed E-state index contributed by atoms with van der Waals surface area (Å²) in [5.74, 6) is 7.27. The van der Waals surface area contributed by atoms with E-state index in [1.54, 1.807) is 9.80 Å². The van der Waals surface area contributed by atoms with E-state index < -0.39 is 0 Å². The van der Waals surface area contributed by atoms with Gasteiger partial charge in [-0.1, -0.05) is 50.2 Å². The van der Waals surface area contributed by atoms with Crippen LogP contribution in [0.4, 0.5) is 0 Å². The summed E-state index contributed by atoms with van der Waals surface area (Å²) in [5, 5.41) is 9.88. The van der Waals surface area contributed by atoms with Crippen molar-refractivity contribution in [2.45, 2.75) is 63.5 Å². The van der Waals surface area contributed by atoms with Gasteiger partial charge < -0.3 is 14.9 Å². The molecule has 1 N–H and O–H groups in total. The molecule has 0 radical (unpaired) electrons. The van der Waals surface area contributed by atoms with Crippen molar-refractivity contribution in [2.75, 3.05) is 19.7 Å². The SMILES string of the molecule is CCC(=O)N1CC(=O)N2[C@H](CO)[C@H](c3ccc(C#CC4CCCCC4)cc3)[C@H]2C1. The summed E-state index contributed by atoms with van der Waals surface area (Å²) in [4.78, 5) is 28.1. The molecular formula is C24H30N2O3. The van der Waals surface area contributed by atoms with E-state index in [1.165, 1.54) is 32.1 Å². The van der Waals surface area contributed by atoms with E-state index in [0.717, 1.165) is 11.1 Å². The molecule has 3 fully saturated rings. The predicted molar refractivity (Wildman–Crippen MR) is 111 cm³/mol. The second-order valence-corrected chi connectivity index (χ2v) is 8.50. The van der Waals surface area contributed by atoms with Crippen molar-refractivity contribution in [3.8, 4) is 11.8 Å². The lowest BCUT2D eigenvalue weighted by molar-refractivity contribution is -0.166. The van der Waals surface area contributed by atoms with Gasteiger partial charge in [0.25, 0.3) is 0 Å². The number of fused-ring (bicyclic) bond motifs is 1. The summed E-state index contributed by atoms with van der Waals surface area (Å²) < 4.78 is 0. The van der Waals surface area contributed by atoms with Crippen LogP contribution in [-0.2, 0) is 9.59 Å². The minimum atomic E-state index is -0.203. The third kappa shape index (κ3) is 3.91. The first-order valence-corrected chi connectivity index (χ1v) is 10.9. The predicted octanol–water partition coefficient (Wildman–Crippen LogP) is 2.53. The van der Waals surface area contributed by atoms with Crippen molar-refractivity contribution in [3.05, 3.63) is 35.4 Å². The molecule has 29 heavy (non-hydrogen) atoms. The molecular weight excluding hydrogens is 364 g/mol. The Morgan fingerprint density at radius 1 is 1.17 bits per heavy atom. The van der Waals surface area contributed by atoms with Crippen LogP contribution in [0.25, 0.3) is 0 Å². The molecule has 5 heteroatoms. The minimum Gasteiger partial charge on any atom is -0.394 e. The molecule has 4 rings (SSSR count). The van der Waals surface area contributed by atoms with Crippen LogP contribution in [0.3, 0.4) is 0 Å². The van der Waals surface area contributed by atoms with Gasteiger partial charge in [-0.2, -0.15) is 0 Å². The van der Waals surface area contributed by atoms with E-state index >= 15 is 0 Å². The first kappa shape index (κ1) is 20.0. The summed E-state index contributed by atoms with van der Waals surface area (Å²) in [7, 11) is 0. The second kappa shape index (κ2) is 8.59. The number of benzene rings is 1. The Morgan fingerprint density at radius 2 is 1.90 bits per heavy atom. The van der Waals surface area contributed by atoms with E-state index in [1.807, 2.05) is 19.1 Å². The number of aliphatic hydroxyl groups excluding tert-OH is 1. The maximum Gasteiger partial charge on any atom is 0.242 e. The first-order valence-electron chi connectivity index (χ1n) is 10.9. The van der Waals surface area contributed by atoms with Crippen molar-refractivity contribution >= 4 is 11.8 Å². The number of hydrogen-bond donors (Lipinski definition) is 1. The van der Waals surface area contributed by atoms with E-state index in [4.69, 9.17) is 0 Å². The fraction of sp³-hybridized carbons (Fsp3) is 0.583. The number of aliphatic hydroxyl groups is 1. The van der Waals surface area contributed by atoms with Crippen molar-refractivity contribution in [1.82, 2.24) is 9.80 Å². The topological polar surface area (TPSA) is 60.9 Å².